The van der Waals surface area contributed by atoms with Gasteiger partial charge in [-0.05, 0) is 79.4 Å². The third kappa shape index (κ3) is 7.36. The van der Waals surface area contributed by atoms with Crippen molar-refractivity contribution in [3.8, 4) is 11.3 Å². The number of benzene rings is 3. The fourth-order valence-electron chi connectivity index (χ4n) is 6.37. The molecule has 0 bridgehead atoms. The van der Waals surface area contributed by atoms with Crippen LogP contribution in [0, 0.1) is 5.41 Å². The SMILES string of the molecule is CN(C)Cc1ccc2c(-c3cccc4c(C[C@H](NC(=O)C5(C(F)(F)F)CCN(CC(F)(F)F)CC5)C(=O)O)cccc34)nccc2c1. The van der Waals surface area contributed by atoms with Crippen molar-refractivity contribution in [2.75, 3.05) is 33.7 Å². The topological polar surface area (TPSA) is 85.8 Å². The van der Waals surface area contributed by atoms with Gasteiger partial charge in [0.05, 0.1) is 12.2 Å². The molecule has 1 amide bonds. The average molecular weight is 661 g/mol. The van der Waals surface area contributed by atoms with Crippen LogP contribution in [0.3, 0.4) is 0 Å². The van der Waals surface area contributed by atoms with Gasteiger partial charge in [-0.25, -0.2) is 4.79 Å². The van der Waals surface area contributed by atoms with Crippen LogP contribution in [0.2, 0.25) is 0 Å². The van der Waals surface area contributed by atoms with E-state index in [1.54, 1.807) is 30.5 Å². The number of alkyl halides is 6. The Hall–Kier alpha value is -4.23. The molecule has 4 aromatic rings. The molecule has 0 radical (unpaired) electrons. The number of carbonyl (C=O) groups is 2. The summed E-state index contributed by atoms with van der Waals surface area (Å²) < 4.78 is 81.5. The van der Waals surface area contributed by atoms with Gasteiger partial charge in [0.25, 0.3) is 0 Å². The molecule has 2 N–H and O–H groups in total. The van der Waals surface area contributed by atoms with Gasteiger partial charge in [0, 0.05) is 30.1 Å². The van der Waals surface area contributed by atoms with E-state index >= 15 is 0 Å². The van der Waals surface area contributed by atoms with Crippen LogP contribution in [0.4, 0.5) is 26.3 Å². The summed E-state index contributed by atoms with van der Waals surface area (Å²) in [5, 5.41) is 15.3. The van der Waals surface area contributed by atoms with Crippen LogP contribution < -0.4 is 5.32 Å². The van der Waals surface area contributed by atoms with E-state index in [4.69, 9.17) is 0 Å². The van der Waals surface area contributed by atoms with Crippen LogP contribution in [0.1, 0.15) is 24.0 Å². The maximum absolute atomic E-state index is 14.3. The quantitative estimate of drug-likeness (QED) is 0.201. The maximum atomic E-state index is 14.3. The summed E-state index contributed by atoms with van der Waals surface area (Å²) in [6.45, 7) is -1.87. The van der Waals surface area contributed by atoms with Crippen molar-refractivity contribution in [1.82, 2.24) is 20.1 Å². The van der Waals surface area contributed by atoms with E-state index < -0.39 is 68.2 Å². The van der Waals surface area contributed by atoms with Gasteiger partial charge in [-0.2, -0.15) is 26.3 Å². The number of fused-ring (bicyclic) bond motifs is 2. The number of carbonyl (C=O) groups excluding carboxylic acids is 1. The molecule has 1 atom stereocenters. The molecule has 1 aromatic heterocycles. The van der Waals surface area contributed by atoms with E-state index in [1.165, 1.54) is 0 Å². The Morgan fingerprint density at radius 3 is 2.28 bits per heavy atom. The van der Waals surface area contributed by atoms with Crippen molar-refractivity contribution in [1.29, 1.82) is 0 Å². The standard InChI is InChI=1S/C34H34F6N4O3/c1-43(2)19-21-9-10-25-23(17-21)11-14-41-29(25)27-8-4-6-24-22(5-3-7-26(24)27)18-28(30(45)46)42-31(47)32(34(38,39)40)12-15-44(16-13-32)20-33(35,36)37/h3-11,14,17,28H,12-13,15-16,18-20H2,1-2H3,(H,42,47)(H,45,46)/t28-/m0/s1. The molecular weight excluding hydrogens is 626 g/mol. The number of likely N-dealkylation sites (tertiary alicyclic amines) is 1. The molecule has 3 aromatic carbocycles. The number of aliphatic carboxylic acids is 1. The van der Waals surface area contributed by atoms with Crippen LogP contribution in [-0.4, -0.2) is 83.9 Å². The number of pyridine rings is 1. The van der Waals surface area contributed by atoms with Crippen molar-refractivity contribution in [3.63, 3.8) is 0 Å². The number of carboxylic acids is 1. The Labute approximate surface area is 267 Å². The fraction of sp³-hybridized carbons (Fsp3) is 0.382. The Bertz CT molecular complexity index is 1780. The molecule has 1 aliphatic rings. The Morgan fingerprint density at radius 2 is 1.64 bits per heavy atom. The van der Waals surface area contributed by atoms with Crippen molar-refractivity contribution < 1.29 is 41.0 Å². The summed E-state index contributed by atoms with van der Waals surface area (Å²) in [7, 11) is 3.96. The van der Waals surface area contributed by atoms with Crippen molar-refractivity contribution in [2.24, 2.45) is 5.41 Å². The molecule has 1 saturated heterocycles. The summed E-state index contributed by atoms with van der Waals surface area (Å²) in [6, 6.07) is 16.9. The van der Waals surface area contributed by atoms with E-state index in [1.807, 2.05) is 44.4 Å². The molecule has 47 heavy (non-hydrogen) atoms. The second-order valence-corrected chi connectivity index (χ2v) is 12.3. The predicted molar refractivity (Wildman–Crippen MR) is 166 cm³/mol. The number of halogens is 6. The number of rotatable bonds is 9. The highest BCUT2D eigenvalue weighted by Crippen LogP contribution is 2.47. The number of piperidine rings is 1. The highest BCUT2D eigenvalue weighted by atomic mass is 19.4. The first kappa shape index (κ1) is 34.1. The smallest absolute Gasteiger partial charge is 0.403 e. The number of hydrogen-bond donors (Lipinski definition) is 2. The molecule has 5 rings (SSSR count). The lowest BCUT2D eigenvalue weighted by atomic mass is 9.76. The van der Waals surface area contributed by atoms with Gasteiger partial charge in [-0.1, -0.05) is 48.5 Å². The van der Waals surface area contributed by atoms with Gasteiger partial charge in [0.2, 0.25) is 5.91 Å². The molecule has 0 unspecified atom stereocenters. The molecule has 0 aliphatic carbocycles. The van der Waals surface area contributed by atoms with Crippen LogP contribution in [-0.2, 0) is 22.6 Å². The minimum Gasteiger partial charge on any atom is -0.480 e. The van der Waals surface area contributed by atoms with Gasteiger partial charge in [-0.3, -0.25) is 14.7 Å². The van der Waals surface area contributed by atoms with E-state index in [9.17, 15) is 41.0 Å². The largest absolute Gasteiger partial charge is 0.480 e. The Morgan fingerprint density at radius 1 is 0.957 bits per heavy atom. The third-order valence-corrected chi connectivity index (χ3v) is 8.71. The number of hydrogen-bond acceptors (Lipinski definition) is 5. The van der Waals surface area contributed by atoms with Crippen LogP contribution >= 0.6 is 0 Å². The number of nitrogens with zero attached hydrogens (tertiary/aromatic N) is 3. The molecule has 0 saturated carbocycles. The molecule has 1 fully saturated rings. The van der Waals surface area contributed by atoms with Gasteiger partial charge < -0.3 is 15.3 Å². The molecule has 2 heterocycles. The highest BCUT2D eigenvalue weighted by molar-refractivity contribution is 6.05. The summed E-state index contributed by atoms with van der Waals surface area (Å²) in [5.74, 6) is -3.10. The number of amides is 1. The van der Waals surface area contributed by atoms with Gasteiger partial charge in [0.1, 0.15) is 11.5 Å². The summed E-state index contributed by atoms with van der Waals surface area (Å²) in [4.78, 5) is 33.1. The fourth-order valence-corrected chi connectivity index (χ4v) is 6.37. The summed E-state index contributed by atoms with van der Waals surface area (Å²) in [5.41, 5.74) is 0.0650. The summed E-state index contributed by atoms with van der Waals surface area (Å²) in [6.07, 6.45) is -10.2. The first-order valence-electron chi connectivity index (χ1n) is 15.0. The van der Waals surface area contributed by atoms with E-state index in [0.29, 0.717) is 16.6 Å². The highest BCUT2D eigenvalue weighted by Gasteiger charge is 2.61. The van der Waals surface area contributed by atoms with Crippen LogP contribution in [0.15, 0.2) is 66.9 Å². The molecule has 7 nitrogen and oxygen atoms in total. The molecule has 0 spiro atoms. The first-order chi connectivity index (χ1) is 22.1. The Balaban J connectivity index is 1.44. The zero-order valence-corrected chi connectivity index (χ0v) is 25.8. The van der Waals surface area contributed by atoms with Crippen molar-refractivity contribution >= 4 is 33.4 Å². The number of nitrogens with one attached hydrogen (secondary N) is 1. The van der Waals surface area contributed by atoms with E-state index in [-0.39, 0.29) is 6.42 Å². The lowest BCUT2D eigenvalue weighted by molar-refractivity contribution is -0.236. The first-order valence-corrected chi connectivity index (χ1v) is 15.0. The van der Waals surface area contributed by atoms with E-state index in [2.05, 4.69) is 21.3 Å². The zero-order chi connectivity index (χ0) is 34.1. The number of carboxylic acid groups (broad SMARTS) is 1. The lowest BCUT2D eigenvalue weighted by Gasteiger charge is -2.42. The van der Waals surface area contributed by atoms with Crippen molar-refractivity contribution in [2.45, 2.75) is 44.2 Å². The van der Waals surface area contributed by atoms with Gasteiger partial charge in [0.15, 0.2) is 0 Å². The van der Waals surface area contributed by atoms with E-state index in [0.717, 1.165) is 38.7 Å². The van der Waals surface area contributed by atoms with Gasteiger partial charge in [-0.15, -0.1) is 0 Å². The van der Waals surface area contributed by atoms with Crippen molar-refractivity contribution in [3.05, 3.63) is 78.0 Å². The van der Waals surface area contributed by atoms with Crippen LogP contribution in [0.25, 0.3) is 32.8 Å². The summed E-state index contributed by atoms with van der Waals surface area (Å²) >= 11 is 0. The normalized spacial score (nSPS) is 16.4. The molecule has 250 valence electrons. The second-order valence-electron chi connectivity index (χ2n) is 12.3. The Kier molecular flexibility index (Phi) is 9.52. The molecular formula is C34H34F6N4O3. The number of aromatic nitrogens is 1. The average Bonchev–Trinajstić information content (AvgIpc) is 2.99. The molecule has 13 heteroatoms. The minimum absolute atomic E-state index is 0.327. The van der Waals surface area contributed by atoms with Gasteiger partial charge >= 0.3 is 18.3 Å². The van der Waals surface area contributed by atoms with Crippen LogP contribution in [0.5, 0.6) is 0 Å². The molecule has 1 aliphatic heterocycles. The zero-order valence-electron chi connectivity index (χ0n) is 25.8. The monoisotopic (exact) mass is 660 g/mol. The maximum Gasteiger partial charge on any atom is 0.403 e. The minimum atomic E-state index is -5.10. The predicted octanol–water partition coefficient (Wildman–Crippen LogP) is 6.44. The third-order valence-electron chi connectivity index (χ3n) is 8.71. The second kappa shape index (κ2) is 13.1. The lowest BCUT2D eigenvalue weighted by Crippen LogP contribution is -2.59.